The van der Waals surface area contributed by atoms with E-state index in [4.69, 9.17) is 5.11 Å². The third kappa shape index (κ3) is 3.23. The summed E-state index contributed by atoms with van der Waals surface area (Å²) in [4.78, 5) is 11.9. The Hall–Kier alpha value is -1.55. The van der Waals surface area contributed by atoms with Gasteiger partial charge in [-0.15, -0.1) is 0 Å². The highest BCUT2D eigenvalue weighted by Gasteiger charge is 2.23. The number of aliphatic hydroxyl groups excluding tert-OH is 1. The Kier molecular flexibility index (Phi) is 4.35. The molecule has 1 amide bonds. The molecule has 4 heteroatoms. The number of carbonyl (C=O) groups excluding carboxylic acids is 1. The van der Waals surface area contributed by atoms with Gasteiger partial charge in [0, 0.05) is 12.1 Å². The topological polar surface area (TPSA) is 69.6 Å². The first-order valence-corrected chi connectivity index (χ1v) is 6.00. The number of hydrogen-bond acceptors (Lipinski definition) is 3. The number of aromatic hydroxyl groups is 1. The van der Waals surface area contributed by atoms with Crippen LogP contribution in [0.2, 0.25) is 0 Å². The summed E-state index contributed by atoms with van der Waals surface area (Å²) in [5, 5.41) is 21.4. The molecule has 1 aromatic rings. The minimum atomic E-state index is -0.365. The molecule has 0 aromatic heterocycles. The van der Waals surface area contributed by atoms with Crippen molar-refractivity contribution in [3.63, 3.8) is 0 Å². The molecule has 0 spiro atoms. The lowest BCUT2D eigenvalue weighted by molar-refractivity contribution is 0.0941. The number of nitrogens with one attached hydrogen (secondary N) is 1. The molecule has 0 aliphatic carbocycles. The Labute approximate surface area is 108 Å². The van der Waals surface area contributed by atoms with Crippen LogP contribution in [-0.4, -0.2) is 29.3 Å². The van der Waals surface area contributed by atoms with E-state index in [1.165, 1.54) is 0 Å². The molecule has 0 saturated carbocycles. The van der Waals surface area contributed by atoms with Gasteiger partial charge < -0.3 is 15.5 Å². The van der Waals surface area contributed by atoms with Crippen LogP contribution in [0.15, 0.2) is 12.1 Å². The fourth-order valence-electron chi connectivity index (χ4n) is 1.79. The van der Waals surface area contributed by atoms with Crippen molar-refractivity contribution in [1.82, 2.24) is 5.32 Å². The summed E-state index contributed by atoms with van der Waals surface area (Å²) in [7, 11) is 0. The Morgan fingerprint density at radius 1 is 1.33 bits per heavy atom. The zero-order valence-electron chi connectivity index (χ0n) is 11.4. The normalized spacial score (nSPS) is 11.4. The smallest absolute Gasteiger partial charge is 0.255 e. The molecule has 0 aliphatic heterocycles. The summed E-state index contributed by atoms with van der Waals surface area (Å²) < 4.78 is 0. The van der Waals surface area contributed by atoms with Crippen LogP contribution in [0.25, 0.3) is 0 Å². The van der Waals surface area contributed by atoms with Gasteiger partial charge in [-0.1, -0.05) is 26.8 Å². The monoisotopic (exact) mass is 251 g/mol. The van der Waals surface area contributed by atoms with E-state index < -0.39 is 0 Å². The van der Waals surface area contributed by atoms with Crippen molar-refractivity contribution in [3.8, 4) is 5.75 Å². The van der Waals surface area contributed by atoms with Gasteiger partial charge in [0.15, 0.2) is 0 Å². The molecule has 18 heavy (non-hydrogen) atoms. The van der Waals surface area contributed by atoms with E-state index in [1.54, 1.807) is 6.07 Å². The first-order chi connectivity index (χ1) is 8.27. The summed E-state index contributed by atoms with van der Waals surface area (Å²) in [5.41, 5.74) is 1.69. The summed E-state index contributed by atoms with van der Waals surface area (Å²) >= 11 is 0. The minimum Gasteiger partial charge on any atom is -0.507 e. The van der Waals surface area contributed by atoms with Crippen LogP contribution in [-0.2, 0) is 5.41 Å². The first kappa shape index (κ1) is 14.5. The lowest BCUT2D eigenvalue weighted by Crippen LogP contribution is -2.27. The van der Waals surface area contributed by atoms with Gasteiger partial charge in [-0.2, -0.15) is 0 Å². The molecule has 0 saturated heterocycles. The molecular weight excluding hydrogens is 230 g/mol. The van der Waals surface area contributed by atoms with Crippen molar-refractivity contribution in [2.24, 2.45) is 0 Å². The molecule has 4 nitrogen and oxygen atoms in total. The van der Waals surface area contributed by atoms with Gasteiger partial charge >= 0.3 is 0 Å². The van der Waals surface area contributed by atoms with E-state index in [9.17, 15) is 9.90 Å². The number of phenolic OH excluding ortho intramolecular Hbond substituents is 1. The summed E-state index contributed by atoms with van der Waals surface area (Å²) in [6, 6.07) is 3.54. The second-order valence-electron chi connectivity index (χ2n) is 5.44. The maximum absolute atomic E-state index is 11.9. The molecule has 0 unspecified atom stereocenters. The highest BCUT2D eigenvalue weighted by molar-refractivity contribution is 5.97. The van der Waals surface area contributed by atoms with Gasteiger partial charge in [-0.3, -0.25) is 4.79 Å². The van der Waals surface area contributed by atoms with E-state index in [1.807, 2.05) is 33.8 Å². The van der Waals surface area contributed by atoms with Crippen molar-refractivity contribution in [2.45, 2.75) is 33.1 Å². The molecule has 3 N–H and O–H groups in total. The molecule has 1 rings (SSSR count). The Morgan fingerprint density at radius 2 is 1.94 bits per heavy atom. The van der Waals surface area contributed by atoms with Crippen LogP contribution in [0, 0.1) is 6.92 Å². The number of rotatable bonds is 3. The minimum absolute atomic E-state index is 0.0172. The third-order valence-corrected chi connectivity index (χ3v) is 2.70. The van der Waals surface area contributed by atoms with Gasteiger partial charge in [0.1, 0.15) is 5.75 Å². The predicted octanol–water partition coefficient (Wildman–Crippen LogP) is 1.72. The van der Waals surface area contributed by atoms with E-state index in [0.29, 0.717) is 0 Å². The van der Waals surface area contributed by atoms with Gasteiger partial charge in [0.25, 0.3) is 5.91 Å². The fourth-order valence-corrected chi connectivity index (χ4v) is 1.79. The van der Waals surface area contributed by atoms with Crippen molar-refractivity contribution in [3.05, 3.63) is 28.8 Å². The van der Waals surface area contributed by atoms with Crippen LogP contribution in [0.3, 0.4) is 0 Å². The van der Waals surface area contributed by atoms with Crippen molar-refractivity contribution < 1.29 is 15.0 Å². The highest BCUT2D eigenvalue weighted by atomic mass is 16.3. The molecule has 1 aromatic carbocycles. The molecule has 0 atom stereocenters. The maximum Gasteiger partial charge on any atom is 0.255 e. The summed E-state index contributed by atoms with van der Waals surface area (Å²) in [6.07, 6.45) is 0. The van der Waals surface area contributed by atoms with Gasteiger partial charge in [0.2, 0.25) is 0 Å². The van der Waals surface area contributed by atoms with Gasteiger partial charge in [-0.25, -0.2) is 0 Å². The summed E-state index contributed by atoms with van der Waals surface area (Å²) in [5.74, 6) is -0.348. The quantitative estimate of drug-likeness (QED) is 0.766. The number of aryl methyl sites for hydroxylation is 1. The first-order valence-electron chi connectivity index (χ1n) is 6.00. The average Bonchev–Trinajstić information content (AvgIpc) is 2.27. The Balaban J connectivity index is 3.21. The standard InChI is InChI=1S/C14H21NO3/c1-9-7-10(13(18)15-5-6-16)12(17)11(8-9)14(2,3)4/h7-8,16-17H,5-6H2,1-4H3,(H,15,18). The number of benzene rings is 1. The van der Waals surface area contributed by atoms with E-state index in [2.05, 4.69) is 5.32 Å². The SMILES string of the molecule is Cc1cc(C(=O)NCCO)c(O)c(C(C)(C)C)c1. The van der Waals surface area contributed by atoms with Crippen molar-refractivity contribution >= 4 is 5.91 Å². The lowest BCUT2D eigenvalue weighted by atomic mass is 9.84. The number of aliphatic hydroxyl groups is 1. The molecule has 100 valence electrons. The van der Waals surface area contributed by atoms with Crippen LogP contribution in [0.4, 0.5) is 0 Å². The fraction of sp³-hybridized carbons (Fsp3) is 0.500. The second kappa shape index (κ2) is 5.40. The summed E-state index contributed by atoms with van der Waals surface area (Å²) in [6.45, 7) is 7.89. The third-order valence-electron chi connectivity index (χ3n) is 2.70. The predicted molar refractivity (Wildman–Crippen MR) is 71.0 cm³/mol. The Bertz CT molecular complexity index is 447. The van der Waals surface area contributed by atoms with E-state index >= 15 is 0 Å². The second-order valence-corrected chi connectivity index (χ2v) is 5.44. The largest absolute Gasteiger partial charge is 0.507 e. The van der Waals surface area contributed by atoms with Crippen molar-refractivity contribution in [2.75, 3.05) is 13.2 Å². The van der Waals surface area contributed by atoms with E-state index in [-0.39, 0.29) is 35.8 Å². The van der Waals surface area contributed by atoms with Gasteiger partial charge in [0.05, 0.1) is 12.2 Å². The maximum atomic E-state index is 11.9. The molecular formula is C14H21NO3. The number of carbonyl (C=O) groups is 1. The van der Waals surface area contributed by atoms with Gasteiger partial charge in [-0.05, 0) is 24.0 Å². The molecule has 0 bridgehead atoms. The molecule has 0 radical (unpaired) electrons. The zero-order valence-corrected chi connectivity index (χ0v) is 11.4. The zero-order chi connectivity index (χ0) is 13.9. The number of hydrogen-bond donors (Lipinski definition) is 3. The highest BCUT2D eigenvalue weighted by Crippen LogP contribution is 2.34. The van der Waals surface area contributed by atoms with Crippen LogP contribution in [0.5, 0.6) is 5.75 Å². The molecule has 0 heterocycles. The molecule has 0 fully saturated rings. The average molecular weight is 251 g/mol. The lowest BCUT2D eigenvalue weighted by Gasteiger charge is -2.22. The van der Waals surface area contributed by atoms with Crippen LogP contribution in [0.1, 0.15) is 42.3 Å². The number of phenols is 1. The molecule has 0 aliphatic rings. The Morgan fingerprint density at radius 3 is 2.44 bits per heavy atom. The van der Waals surface area contributed by atoms with Crippen molar-refractivity contribution in [1.29, 1.82) is 0 Å². The number of amides is 1. The van der Waals surface area contributed by atoms with E-state index in [0.717, 1.165) is 11.1 Å². The van der Waals surface area contributed by atoms with Crippen LogP contribution >= 0.6 is 0 Å². The van der Waals surface area contributed by atoms with Crippen LogP contribution < -0.4 is 5.32 Å².